The topological polar surface area (TPSA) is 102 Å². The number of rotatable bonds is 8. The summed E-state index contributed by atoms with van der Waals surface area (Å²) in [4.78, 5) is 34.5. The number of carbonyl (C=O) groups excluding carboxylic acids is 2. The summed E-state index contributed by atoms with van der Waals surface area (Å²) < 4.78 is 10.1. The van der Waals surface area contributed by atoms with E-state index in [9.17, 15) is 14.4 Å². The molecule has 0 saturated heterocycles. The molecular formula is C18H31NO6. The molecule has 0 unspecified atom stereocenters. The number of alkyl carbamates (subject to hydrolysis) is 1. The number of carboxylic acids is 1. The maximum Gasteiger partial charge on any atom is 0.407 e. The lowest BCUT2D eigenvalue weighted by molar-refractivity contribution is -0.153. The Kier molecular flexibility index (Phi) is 8.19. The highest BCUT2D eigenvalue weighted by atomic mass is 16.6. The standard InChI is InChI=1S/C18H31NO6/c1-17(2,3)15(22)24-10-7-11-25-16(23)19-13-18(12-14(20)21)8-5-4-6-9-18/h4-13H2,1-3H3,(H,19,23)(H,20,21). The van der Waals surface area contributed by atoms with Crippen LogP contribution >= 0.6 is 0 Å². The van der Waals surface area contributed by atoms with Crippen molar-refractivity contribution in [1.82, 2.24) is 5.32 Å². The summed E-state index contributed by atoms with van der Waals surface area (Å²) in [5.41, 5.74) is -0.915. The van der Waals surface area contributed by atoms with E-state index in [-0.39, 0.29) is 31.0 Å². The van der Waals surface area contributed by atoms with Crippen molar-refractivity contribution in [1.29, 1.82) is 0 Å². The predicted octanol–water partition coefficient (Wildman–Crippen LogP) is 3.12. The first-order chi connectivity index (χ1) is 11.6. The van der Waals surface area contributed by atoms with Gasteiger partial charge in [0.2, 0.25) is 0 Å². The van der Waals surface area contributed by atoms with Gasteiger partial charge in [0.25, 0.3) is 0 Å². The number of nitrogens with one attached hydrogen (secondary N) is 1. The van der Waals surface area contributed by atoms with E-state index in [4.69, 9.17) is 14.6 Å². The molecule has 1 saturated carbocycles. The van der Waals surface area contributed by atoms with Gasteiger partial charge in [-0.25, -0.2) is 4.79 Å². The fourth-order valence-corrected chi connectivity index (χ4v) is 2.95. The zero-order valence-electron chi connectivity index (χ0n) is 15.6. The summed E-state index contributed by atoms with van der Waals surface area (Å²) in [7, 11) is 0. The maximum absolute atomic E-state index is 11.8. The van der Waals surface area contributed by atoms with Gasteiger partial charge in [-0.3, -0.25) is 9.59 Å². The van der Waals surface area contributed by atoms with Crippen molar-refractivity contribution >= 4 is 18.0 Å². The molecule has 7 heteroatoms. The summed E-state index contributed by atoms with van der Waals surface area (Å²) in [5.74, 6) is -1.12. The first kappa shape index (κ1) is 21.3. The largest absolute Gasteiger partial charge is 0.481 e. The lowest BCUT2D eigenvalue weighted by Crippen LogP contribution is -2.40. The monoisotopic (exact) mass is 357 g/mol. The molecule has 144 valence electrons. The smallest absolute Gasteiger partial charge is 0.407 e. The normalized spacial score (nSPS) is 16.8. The molecule has 0 aromatic carbocycles. The number of carbonyl (C=O) groups is 3. The van der Waals surface area contributed by atoms with Gasteiger partial charge in [-0.2, -0.15) is 0 Å². The van der Waals surface area contributed by atoms with Gasteiger partial charge in [-0.15, -0.1) is 0 Å². The first-order valence-electron chi connectivity index (χ1n) is 8.94. The molecule has 0 aromatic rings. The summed E-state index contributed by atoms with van der Waals surface area (Å²) >= 11 is 0. The number of esters is 1. The second-order valence-corrected chi connectivity index (χ2v) is 7.86. The molecule has 7 nitrogen and oxygen atoms in total. The van der Waals surface area contributed by atoms with Crippen molar-refractivity contribution in [2.24, 2.45) is 10.8 Å². The second kappa shape index (κ2) is 9.63. The highest BCUT2D eigenvalue weighted by molar-refractivity contribution is 5.75. The molecule has 1 fully saturated rings. The minimum atomic E-state index is -0.835. The Labute approximate surface area is 149 Å². The average molecular weight is 357 g/mol. The molecule has 1 aliphatic rings. The first-order valence-corrected chi connectivity index (χ1v) is 8.94. The van der Waals surface area contributed by atoms with E-state index >= 15 is 0 Å². The number of carboxylic acid groups (broad SMARTS) is 1. The van der Waals surface area contributed by atoms with E-state index in [1.165, 1.54) is 0 Å². The Morgan fingerprint density at radius 2 is 1.64 bits per heavy atom. The Hall–Kier alpha value is -1.79. The number of ether oxygens (including phenoxy) is 2. The number of hydrogen-bond acceptors (Lipinski definition) is 5. The molecule has 0 spiro atoms. The van der Waals surface area contributed by atoms with Crippen LogP contribution in [0, 0.1) is 10.8 Å². The third-order valence-electron chi connectivity index (χ3n) is 4.42. The Morgan fingerprint density at radius 1 is 1.04 bits per heavy atom. The number of hydrogen-bond donors (Lipinski definition) is 2. The van der Waals surface area contributed by atoms with Crippen LogP contribution in [0.3, 0.4) is 0 Å². The van der Waals surface area contributed by atoms with Gasteiger partial charge in [0.05, 0.1) is 25.0 Å². The molecule has 2 N–H and O–H groups in total. The fourth-order valence-electron chi connectivity index (χ4n) is 2.95. The molecule has 0 bridgehead atoms. The van der Waals surface area contributed by atoms with E-state index < -0.39 is 17.5 Å². The van der Waals surface area contributed by atoms with Crippen molar-refractivity contribution in [2.75, 3.05) is 19.8 Å². The highest BCUT2D eigenvalue weighted by Crippen LogP contribution is 2.38. The highest BCUT2D eigenvalue weighted by Gasteiger charge is 2.34. The Balaban J connectivity index is 2.25. The van der Waals surface area contributed by atoms with Crippen LogP contribution in [0.1, 0.15) is 65.7 Å². The zero-order chi connectivity index (χ0) is 18.9. The third-order valence-corrected chi connectivity index (χ3v) is 4.42. The molecule has 0 aliphatic heterocycles. The van der Waals surface area contributed by atoms with Crippen LogP contribution in [0.25, 0.3) is 0 Å². The summed E-state index contributed by atoms with van der Waals surface area (Å²) in [5, 5.41) is 11.8. The minimum absolute atomic E-state index is 0.0655. The van der Waals surface area contributed by atoms with Crippen LogP contribution in [0.15, 0.2) is 0 Å². The van der Waals surface area contributed by atoms with Crippen molar-refractivity contribution in [3.8, 4) is 0 Å². The molecule has 0 aromatic heterocycles. The Morgan fingerprint density at radius 3 is 2.20 bits per heavy atom. The summed E-state index contributed by atoms with van der Waals surface area (Å²) in [6.45, 7) is 5.99. The maximum atomic E-state index is 11.8. The predicted molar refractivity (Wildman–Crippen MR) is 92.2 cm³/mol. The van der Waals surface area contributed by atoms with Gasteiger partial charge in [-0.1, -0.05) is 19.3 Å². The van der Waals surface area contributed by atoms with Gasteiger partial charge >= 0.3 is 18.0 Å². The van der Waals surface area contributed by atoms with Gasteiger partial charge in [0.15, 0.2) is 0 Å². The van der Waals surface area contributed by atoms with Gasteiger partial charge in [0.1, 0.15) is 0 Å². The van der Waals surface area contributed by atoms with E-state index in [0.29, 0.717) is 13.0 Å². The zero-order valence-corrected chi connectivity index (χ0v) is 15.6. The lowest BCUT2D eigenvalue weighted by Gasteiger charge is -2.36. The van der Waals surface area contributed by atoms with Crippen LogP contribution in [0.2, 0.25) is 0 Å². The summed E-state index contributed by atoms with van der Waals surface area (Å²) in [6, 6.07) is 0. The SMILES string of the molecule is CC(C)(C)C(=O)OCCCOC(=O)NCC1(CC(=O)O)CCCCC1. The van der Waals surface area contributed by atoms with Crippen molar-refractivity contribution < 1.29 is 29.0 Å². The third kappa shape index (κ3) is 8.23. The molecular weight excluding hydrogens is 326 g/mol. The molecule has 0 radical (unpaired) electrons. The second-order valence-electron chi connectivity index (χ2n) is 7.86. The van der Waals surface area contributed by atoms with Gasteiger partial charge in [-0.05, 0) is 39.0 Å². The van der Waals surface area contributed by atoms with Crippen molar-refractivity contribution in [3.05, 3.63) is 0 Å². The van der Waals surface area contributed by atoms with Crippen molar-refractivity contribution in [3.63, 3.8) is 0 Å². The molecule has 0 heterocycles. The van der Waals surface area contributed by atoms with Gasteiger partial charge in [0, 0.05) is 13.0 Å². The molecule has 1 amide bonds. The minimum Gasteiger partial charge on any atom is -0.481 e. The average Bonchev–Trinajstić information content (AvgIpc) is 2.52. The molecule has 1 aliphatic carbocycles. The van der Waals surface area contributed by atoms with Crippen LogP contribution in [0.5, 0.6) is 0 Å². The molecule has 0 atom stereocenters. The van der Waals surface area contributed by atoms with Gasteiger partial charge < -0.3 is 19.9 Å². The van der Waals surface area contributed by atoms with Crippen molar-refractivity contribution in [2.45, 2.75) is 65.7 Å². The summed E-state index contributed by atoms with van der Waals surface area (Å²) in [6.07, 6.45) is 4.64. The van der Waals surface area contributed by atoms with E-state index in [0.717, 1.165) is 32.1 Å². The Bertz CT molecular complexity index is 463. The van der Waals surface area contributed by atoms with Crippen LogP contribution in [0.4, 0.5) is 4.79 Å². The quantitative estimate of drug-likeness (QED) is 0.511. The molecule has 1 rings (SSSR count). The lowest BCUT2D eigenvalue weighted by atomic mass is 9.72. The van der Waals surface area contributed by atoms with E-state index in [1.807, 2.05) is 0 Å². The van der Waals surface area contributed by atoms with Crippen LogP contribution < -0.4 is 5.32 Å². The van der Waals surface area contributed by atoms with E-state index in [1.54, 1.807) is 20.8 Å². The number of aliphatic carboxylic acids is 1. The van der Waals surface area contributed by atoms with Crippen LogP contribution in [-0.4, -0.2) is 42.9 Å². The molecule has 25 heavy (non-hydrogen) atoms. The number of amides is 1. The fraction of sp³-hybridized carbons (Fsp3) is 0.833. The van der Waals surface area contributed by atoms with E-state index in [2.05, 4.69) is 5.32 Å². The van der Waals surface area contributed by atoms with Crippen LogP contribution in [-0.2, 0) is 19.1 Å².